The maximum Gasteiger partial charge on any atom is 0.341 e. The van der Waals surface area contributed by atoms with Crippen LogP contribution in [-0.4, -0.2) is 41.2 Å². The van der Waals surface area contributed by atoms with Crippen molar-refractivity contribution < 1.29 is 14.6 Å². The van der Waals surface area contributed by atoms with Crippen LogP contribution in [-0.2, 0) is 0 Å². The van der Waals surface area contributed by atoms with Crippen LogP contribution in [0.25, 0.3) is 11.4 Å². The normalized spacial score (nSPS) is 10.3. The van der Waals surface area contributed by atoms with Crippen LogP contribution in [0.1, 0.15) is 24.2 Å². The van der Waals surface area contributed by atoms with E-state index in [1.165, 1.54) is 6.20 Å². The number of aromatic carboxylic acids is 1. The number of hydrogen-bond acceptors (Lipinski definition) is 5. The number of rotatable bonds is 6. The van der Waals surface area contributed by atoms with Crippen molar-refractivity contribution in [3.8, 4) is 17.1 Å². The zero-order valence-electron chi connectivity index (χ0n) is 12.9. The highest BCUT2D eigenvalue weighted by atomic mass is 16.5. The van der Waals surface area contributed by atoms with Gasteiger partial charge < -0.3 is 14.7 Å². The van der Waals surface area contributed by atoms with Crippen LogP contribution in [0, 0.1) is 0 Å². The maximum atomic E-state index is 11.4. The van der Waals surface area contributed by atoms with Gasteiger partial charge in [-0.25, -0.2) is 14.8 Å². The van der Waals surface area contributed by atoms with Gasteiger partial charge in [0.1, 0.15) is 17.1 Å². The summed E-state index contributed by atoms with van der Waals surface area (Å²) in [5.74, 6) is 0.658. The van der Waals surface area contributed by atoms with Crippen molar-refractivity contribution in [2.45, 2.75) is 13.8 Å². The molecule has 0 atom stereocenters. The third kappa shape index (κ3) is 3.16. The third-order valence-electron chi connectivity index (χ3n) is 3.41. The Labute approximate surface area is 129 Å². The van der Waals surface area contributed by atoms with Crippen LogP contribution in [0.3, 0.4) is 0 Å². The molecule has 1 N–H and O–H groups in total. The fraction of sp³-hybridized carbons (Fsp3) is 0.312. The first-order valence-corrected chi connectivity index (χ1v) is 7.10. The van der Waals surface area contributed by atoms with Crippen molar-refractivity contribution >= 4 is 11.8 Å². The summed E-state index contributed by atoms with van der Waals surface area (Å²) < 4.78 is 5.13. The SMILES string of the molecule is CCN(CC)c1nc(-c2ccc(OC)cc2)ncc1C(=O)O. The minimum Gasteiger partial charge on any atom is -0.497 e. The quantitative estimate of drug-likeness (QED) is 0.884. The molecule has 0 radical (unpaired) electrons. The van der Waals surface area contributed by atoms with E-state index in [1.807, 2.05) is 43.0 Å². The van der Waals surface area contributed by atoms with E-state index in [0.29, 0.717) is 24.7 Å². The Morgan fingerprint density at radius 2 is 1.86 bits per heavy atom. The van der Waals surface area contributed by atoms with Gasteiger partial charge in [-0.05, 0) is 38.1 Å². The summed E-state index contributed by atoms with van der Waals surface area (Å²) in [4.78, 5) is 21.9. The number of carbonyl (C=O) groups is 1. The Balaban J connectivity index is 2.49. The van der Waals surface area contributed by atoms with Gasteiger partial charge in [0, 0.05) is 24.8 Å². The minimum absolute atomic E-state index is 0.112. The van der Waals surface area contributed by atoms with E-state index in [4.69, 9.17) is 4.74 Å². The summed E-state index contributed by atoms with van der Waals surface area (Å²) >= 11 is 0. The number of methoxy groups -OCH3 is 1. The van der Waals surface area contributed by atoms with E-state index in [1.54, 1.807) is 7.11 Å². The molecule has 6 nitrogen and oxygen atoms in total. The monoisotopic (exact) mass is 301 g/mol. The standard InChI is InChI=1S/C16H19N3O3/c1-4-19(5-2)15-13(16(20)21)10-17-14(18-15)11-6-8-12(22-3)9-7-11/h6-10H,4-5H2,1-3H3,(H,20,21). The predicted octanol–water partition coefficient (Wildman–Crippen LogP) is 2.70. The summed E-state index contributed by atoms with van der Waals surface area (Å²) in [6.45, 7) is 5.28. The summed E-state index contributed by atoms with van der Waals surface area (Å²) in [5.41, 5.74) is 0.923. The molecule has 0 amide bonds. The zero-order valence-corrected chi connectivity index (χ0v) is 12.9. The van der Waals surface area contributed by atoms with Crippen molar-refractivity contribution in [2.75, 3.05) is 25.1 Å². The second-order valence-corrected chi connectivity index (χ2v) is 4.64. The van der Waals surface area contributed by atoms with E-state index in [0.717, 1.165) is 11.3 Å². The molecular formula is C16H19N3O3. The van der Waals surface area contributed by atoms with Crippen molar-refractivity contribution in [2.24, 2.45) is 0 Å². The Morgan fingerprint density at radius 1 is 1.23 bits per heavy atom. The van der Waals surface area contributed by atoms with Gasteiger partial charge in [-0.3, -0.25) is 0 Å². The van der Waals surface area contributed by atoms with Gasteiger partial charge in [0.15, 0.2) is 5.82 Å². The number of ether oxygens (including phenoxy) is 1. The van der Waals surface area contributed by atoms with E-state index in [-0.39, 0.29) is 5.56 Å². The molecule has 0 saturated heterocycles. The van der Waals surface area contributed by atoms with Crippen LogP contribution in [0.15, 0.2) is 30.5 Å². The molecular weight excluding hydrogens is 282 g/mol. The molecule has 6 heteroatoms. The molecule has 22 heavy (non-hydrogen) atoms. The summed E-state index contributed by atoms with van der Waals surface area (Å²) in [5, 5.41) is 9.31. The van der Waals surface area contributed by atoms with Gasteiger partial charge in [0.25, 0.3) is 0 Å². The largest absolute Gasteiger partial charge is 0.497 e. The molecule has 0 bridgehead atoms. The Kier molecular flexibility index (Phi) is 4.93. The average molecular weight is 301 g/mol. The van der Waals surface area contributed by atoms with Crippen molar-refractivity contribution in [3.05, 3.63) is 36.0 Å². The Bertz CT molecular complexity index is 652. The molecule has 0 aliphatic rings. The second-order valence-electron chi connectivity index (χ2n) is 4.64. The molecule has 116 valence electrons. The van der Waals surface area contributed by atoms with Crippen LogP contribution >= 0.6 is 0 Å². The lowest BCUT2D eigenvalue weighted by molar-refractivity contribution is 0.0696. The molecule has 0 unspecified atom stereocenters. The number of hydrogen-bond donors (Lipinski definition) is 1. The molecule has 1 heterocycles. The highest BCUT2D eigenvalue weighted by Crippen LogP contribution is 2.24. The van der Waals surface area contributed by atoms with Crippen LogP contribution in [0.4, 0.5) is 5.82 Å². The second kappa shape index (κ2) is 6.89. The zero-order chi connectivity index (χ0) is 16.1. The van der Waals surface area contributed by atoms with Gasteiger partial charge in [-0.1, -0.05) is 0 Å². The topological polar surface area (TPSA) is 75.5 Å². The summed E-state index contributed by atoms with van der Waals surface area (Å²) in [7, 11) is 1.60. The van der Waals surface area contributed by atoms with Crippen LogP contribution in [0.5, 0.6) is 5.75 Å². The molecule has 0 saturated carbocycles. The molecule has 1 aromatic carbocycles. The third-order valence-corrected chi connectivity index (χ3v) is 3.41. The number of anilines is 1. The molecule has 0 fully saturated rings. The average Bonchev–Trinajstić information content (AvgIpc) is 2.56. The number of nitrogens with zero attached hydrogens (tertiary/aromatic N) is 3. The van der Waals surface area contributed by atoms with Gasteiger partial charge in [-0.15, -0.1) is 0 Å². The Hall–Kier alpha value is -2.63. The molecule has 1 aromatic heterocycles. The van der Waals surface area contributed by atoms with Crippen molar-refractivity contribution in [1.29, 1.82) is 0 Å². The van der Waals surface area contributed by atoms with Gasteiger partial charge in [0.05, 0.1) is 7.11 Å². The van der Waals surface area contributed by atoms with Crippen molar-refractivity contribution in [1.82, 2.24) is 9.97 Å². The fourth-order valence-electron chi connectivity index (χ4n) is 2.17. The summed E-state index contributed by atoms with van der Waals surface area (Å²) in [6, 6.07) is 7.34. The van der Waals surface area contributed by atoms with Crippen LogP contribution in [0.2, 0.25) is 0 Å². The molecule has 0 spiro atoms. The summed E-state index contributed by atoms with van der Waals surface area (Å²) in [6.07, 6.45) is 1.36. The number of carboxylic acids is 1. The van der Waals surface area contributed by atoms with E-state index in [9.17, 15) is 9.90 Å². The van der Waals surface area contributed by atoms with E-state index in [2.05, 4.69) is 9.97 Å². The highest BCUT2D eigenvalue weighted by Gasteiger charge is 2.18. The smallest absolute Gasteiger partial charge is 0.341 e. The molecule has 2 rings (SSSR count). The maximum absolute atomic E-state index is 11.4. The first kappa shape index (κ1) is 15.8. The van der Waals surface area contributed by atoms with Crippen molar-refractivity contribution in [3.63, 3.8) is 0 Å². The van der Waals surface area contributed by atoms with E-state index < -0.39 is 5.97 Å². The lowest BCUT2D eigenvalue weighted by atomic mass is 10.2. The van der Waals surface area contributed by atoms with Gasteiger partial charge in [-0.2, -0.15) is 0 Å². The molecule has 0 aliphatic carbocycles. The van der Waals surface area contributed by atoms with E-state index >= 15 is 0 Å². The lowest BCUT2D eigenvalue weighted by Gasteiger charge is -2.21. The van der Waals surface area contributed by atoms with Gasteiger partial charge >= 0.3 is 5.97 Å². The lowest BCUT2D eigenvalue weighted by Crippen LogP contribution is -2.26. The molecule has 2 aromatic rings. The number of carboxylic acid groups (broad SMARTS) is 1. The van der Waals surface area contributed by atoms with Crippen LogP contribution < -0.4 is 9.64 Å². The number of benzene rings is 1. The number of aromatic nitrogens is 2. The minimum atomic E-state index is -1.02. The van der Waals surface area contributed by atoms with Gasteiger partial charge in [0.2, 0.25) is 0 Å². The Morgan fingerprint density at radius 3 is 2.36 bits per heavy atom. The molecule has 0 aliphatic heterocycles. The fourth-order valence-corrected chi connectivity index (χ4v) is 2.17. The first-order chi connectivity index (χ1) is 10.6. The predicted molar refractivity (Wildman–Crippen MR) is 84.5 cm³/mol. The first-order valence-electron chi connectivity index (χ1n) is 7.10. The highest BCUT2D eigenvalue weighted by molar-refractivity contribution is 5.93.